The Kier molecular flexibility index (Phi) is 5.50. The van der Waals surface area contributed by atoms with E-state index in [2.05, 4.69) is 21.2 Å². The summed E-state index contributed by atoms with van der Waals surface area (Å²) < 4.78 is 6.44. The van der Waals surface area contributed by atoms with E-state index < -0.39 is 0 Å². The number of para-hydroxylation sites is 1. The molecule has 0 radical (unpaired) electrons. The van der Waals surface area contributed by atoms with Gasteiger partial charge in [0.2, 0.25) is 17.6 Å². The summed E-state index contributed by atoms with van der Waals surface area (Å²) in [7, 11) is 1.83. The highest BCUT2D eigenvalue weighted by atomic mass is 32.1. The molecular weight excluding hydrogens is 392 g/mol. The van der Waals surface area contributed by atoms with Gasteiger partial charge >= 0.3 is 0 Å². The van der Waals surface area contributed by atoms with Gasteiger partial charge < -0.3 is 9.42 Å². The lowest BCUT2D eigenvalue weighted by Crippen LogP contribution is -2.29. The second-order valence-corrected chi connectivity index (χ2v) is 8.55. The maximum atomic E-state index is 12.6. The van der Waals surface area contributed by atoms with Crippen molar-refractivity contribution < 1.29 is 9.32 Å². The third-order valence-electron chi connectivity index (χ3n) is 4.63. The molecule has 1 atom stereocenters. The van der Waals surface area contributed by atoms with Crippen molar-refractivity contribution in [1.82, 2.24) is 20.0 Å². The molecule has 1 unspecified atom stereocenters. The van der Waals surface area contributed by atoms with Crippen molar-refractivity contribution in [3.05, 3.63) is 52.7 Å². The number of thiophene rings is 1. The molecule has 0 aliphatic carbocycles. The zero-order chi connectivity index (χ0) is 19.5. The van der Waals surface area contributed by atoms with Crippen LogP contribution in [0.1, 0.15) is 36.7 Å². The normalized spacial score (nSPS) is 12.4. The lowest BCUT2D eigenvalue weighted by molar-refractivity contribution is -0.131. The van der Waals surface area contributed by atoms with Crippen molar-refractivity contribution in [2.75, 3.05) is 7.05 Å². The molecule has 3 aromatic heterocycles. The third kappa shape index (κ3) is 3.98. The van der Waals surface area contributed by atoms with E-state index >= 15 is 0 Å². The molecule has 1 amide bonds. The number of carbonyl (C=O) groups excluding carboxylic acids is 1. The van der Waals surface area contributed by atoms with E-state index in [0.717, 1.165) is 20.1 Å². The van der Waals surface area contributed by atoms with Crippen molar-refractivity contribution in [3.8, 4) is 10.7 Å². The summed E-state index contributed by atoms with van der Waals surface area (Å²) in [5.41, 5.74) is 0.980. The van der Waals surface area contributed by atoms with Crippen LogP contribution in [0.4, 0.5) is 0 Å². The molecule has 0 bridgehead atoms. The van der Waals surface area contributed by atoms with Gasteiger partial charge in [0, 0.05) is 19.9 Å². The number of hydrogen-bond donors (Lipinski definition) is 0. The van der Waals surface area contributed by atoms with Gasteiger partial charge in [-0.2, -0.15) is 4.98 Å². The highest BCUT2D eigenvalue weighted by molar-refractivity contribution is 7.18. The number of fused-ring (bicyclic) bond motifs is 1. The van der Waals surface area contributed by atoms with E-state index in [1.54, 1.807) is 27.6 Å². The number of nitrogens with zero attached hydrogens (tertiary/aromatic N) is 4. The second-order valence-electron chi connectivity index (χ2n) is 6.54. The van der Waals surface area contributed by atoms with E-state index in [9.17, 15) is 4.79 Å². The molecule has 0 saturated heterocycles. The molecule has 0 saturated carbocycles. The fraction of sp³-hybridized carbons (Fsp3) is 0.300. The van der Waals surface area contributed by atoms with Gasteiger partial charge in [-0.3, -0.25) is 4.79 Å². The molecule has 3 heterocycles. The lowest BCUT2D eigenvalue weighted by atomic mass is 10.2. The Morgan fingerprint density at radius 2 is 2.07 bits per heavy atom. The number of aryl methyl sites for hydroxylation is 1. The van der Waals surface area contributed by atoms with Crippen molar-refractivity contribution in [2.45, 2.75) is 32.2 Å². The van der Waals surface area contributed by atoms with Crippen LogP contribution in [0.2, 0.25) is 0 Å². The van der Waals surface area contributed by atoms with Gasteiger partial charge in [0.25, 0.3) is 0 Å². The highest BCUT2D eigenvalue weighted by Gasteiger charge is 2.20. The Labute approximate surface area is 170 Å². The van der Waals surface area contributed by atoms with Crippen molar-refractivity contribution in [3.63, 3.8) is 0 Å². The molecule has 144 valence electrons. The van der Waals surface area contributed by atoms with E-state index in [4.69, 9.17) is 4.52 Å². The summed E-state index contributed by atoms with van der Waals surface area (Å²) in [6, 6.07) is 11.9. The topological polar surface area (TPSA) is 72.1 Å². The Hall–Kier alpha value is -2.58. The van der Waals surface area contributed by atoms with E-state index in [1.165, 1.54) is 0 Å². The van der Waals surface area contributed by atoms with Gasteiger partial charge in [-0.25, -0.2) is 4.98 Å². The van der Waals surface area contributed by atoms with Crippen LogP contribution in [0, 0.1) is 0 Å². The zero-order valence-corrected chi connectivity index (χ0v) is 17.3. The molecule has 0 N–H and O–H groups in total. The fourth-order valence-electron chi connectivity index (χ4n) is 2.88. The molecule has 0 spiro atoms. The van der Waals surface area contributed by atoms with E-state index in [-0.39, 0.29) is 11.9 Å². The molecule has 0 fully saturated rings. The average molecular weight is 413 g/mol. The first kappa shape index (κ1) is 18.8. The molecule has 8 heteroatoms. The maximum absolute atomic E-state index is 12.6. The van der Waals surface area contributed by atoms with Gasteiger partial charge in [0.15, 0.2) is 0 Å². The summed E-state index contributed by atoms with van der Waals surface area (Å²) >= 11 is 3.21. The number of rotatable bonds is 7. The average Bonchev–Trinajstić information content (AvgIpc) is 3.46. The van der Waals surface area contributed by atoms with Gasteiger partial charge in [-0.05, 0) is 36.9 Å². The monoisotopic (exact) mass is 412 g/mol. The second kappa shape index (κ2) is 8.20. The highest BCUT2D eigenvalue weighted by Crippen LogP contribution is 2.29. The smallest absolute Gasteiger partial charge is 0.226 e. The molecule has 0 aliphatic heterocycles. The Morgan fingerprint density at radius 3 is 2.86 bits per heavy atom. The van der Waals surface area contributed by atoms with Gasteiger partial charge in [0.1, 0.15) is 5.01 Å². The molecule has 0 aliphatic rings. The van der Waals surface area contributed by atoms with Gasteiger partial charge in [-0.15, -0.1) is 22.7 Å². The first-order valence-corrected chi connectivity index (χ1v) is 10.8. The van der Waals surface area contributed by atoms with Crippen LogP contribution in [0.5, 0.6) is 0 Å². The molecule has 6 nitrogen and oxygen atoms in total. The van der Waals surface area contributed by atoms with Gasteiger partial charge in [-0.1, -0.05) is 23.4 Å². The van der Waals surface area contributed by atoms with Crippen LogP contribution < -0.4 is 0 Å². The minimum atomic E-state index is -0.0567. The number of hydrogen-bond acceptors (Lipinski definition) is 7. The summed E-state index contributed by atoms with van der Waals surface area (Å²) in [4.78, 5) is 24.4. The van der Waals surface area contributed by atoms with Crippen LogP contribution in [0.15, 0.2) is 46.3 Å². The fourth-order valence-corrected chi connectivity index (χ4v) is 4.59. The number of aromatic nitrogens is 3. The van der Waals surface area contributed by atoms with E-state index in [1.807, 2.05) is 49.7 Å². The number of carbonyl (C=O) groups is 1. The largest absolute Gasteiger partial charge is 0.339 e. The minimum Gasteiger partial charge on any atom is -0.339 e. The summed E-state index contributed by atoms with van der Waals surface area (Å²) in [5.74, 6) is 1.26. The number of thiazole rings is 1. The Bertz CT molecular complexity index is 1040. The summed E-state index contributed by atoms with van der Waals surface area (Å²) in [6.07, 6.45) is 1.69. The predicted octanol–water partition coefficient (Wildman–Crippen LogP) is 4.95. The maximum Gasteiger partial charge on any atom is 0.226 e. The van der Waals surface area contributed by atoms with Crippen LogP contribution in [-0.4, -0.2) is 33.0 Å². The van der Waals surface area contributed by atoms with E-state index in [0.29, 0.717) is 31.0 Å². The number of benzene rings is 1. The standard InChI is InChI=1S/C20H20N4O2S2/c1-13(20-21-14-7-3-4-8-15(14)28-20)24(2)18(25)11-5-10-17-22-19(23-26-17)16-9-6-12-27-16/h3-4,6-9,12-13H,5,10-11H2,1-2H3. The third-order valence-corrected chi connectivity index (χ3v) is 6.71. The first-order valence-electron chi connectivity index (χ1n) is 9.09. The van der Waals surface area contributed by atoms with Gasteiger partial charge in [0.05, 0.1) is 21.1 Å². The van der Waals surface area contributed by atoms with Crippen molar-refractivity contribution >= 4 is 38.8 Å². The van der Waals surface area contributed by atoms with Crippen LogP contribution in [0.3, 0.4) is 0 Å². The van der Waals surface area contributed by atoms with Crippen molar-refractivity contribution in [2.24, 2.45) is 0 Å². The summed E-state index contributed by atoms with van der Waals surface area (Å²) in [6.45, 7) is 2.01. The first-order chi connectivity index (χ1) is 13.6. The van der Waals surface area contributed by atoms with Crippen LogP contribution >= 0.6 is 22.7 Å². The SMILES string of the molecule is CC(c1nc2ccccc2s1)N(C)C(=O)CCCc1nc(-c2cccs2)no1. The molecule has 4 aromatic rings. The molecule has 4 rings (SSSR count). The Morgan fingerprint density at radius 1 is 1.21 bits per heavy atom. The number of amides is 1. The zero-order valence-electron chi connectivity index (χ0n) is 15.7. The minimum absolute atomic E-state index is 0.0567. The van der Waals surface area contributed by atoms with Crippen molar-refractivity contribution in [1.29, 1.82) is 0 Å². The molecule has 28 heavy (non-hydrogen) atoms. The Balaban J connectivity index is 1.31. The lowest BCUT2D eigenvalue weighted by Gasteiger charge is -2.23. The predicted molar refractivity (Wildman–Crippen MR) is 111 cm³/mol. The van der Waals surface area contributed by atoms with Crippen LogP contribution in [-0.2, 0) is 11.2 Å². The molecular formula is C20H20N4O2S2. The quantitative estimate of drug-likeness (QED) is 0.429. The van der Waals surface area contributed by atoms with Crippen LogP contribution in [0.25, 0.3) is 20.9 Å². The molecule has 1 aromatic carbocycles. The summed E-state index contributed by atoms with van der Waals surface area (Å²) in [5, 5.41) is 6.93.